The quantitative estimate of drug-likeness (QED) is 0.382. The van der Waals surface area contributed by atoms with Crippen molar-refractivity contribution < 1.29 is 19.4 Å². The van der Waals surface area contributed by atoms with Crippen molar-refractivity contribution in [3.05, 3.63) is 46.3 Å². The summed E-state index contributed by atoms with van der Waals surface area (Å²) in [6.07, 6.45) is -1.97. The molecule has 0 saturated carbocycles. The number of rotatable bonds is 5. The first-order chi connectivity index (χ1) is 11.4. The number of benzene rings is 1. The van der Waals surface area contributed by atoms with E-state index in [1.807, 2.05) is 30.3 Å². The fourth-order valence-corrected chi connectivity index (χ4v) is 3.35. The third-order valence-electron chi connectivity index (χ3n) is 4.27. The minimum Gasteiger partial charge on any atom is -0.390 e. The van der Waals surface area contributed by atoms with Gasteiger partial charge in [-0.25, -0.2) is 0 Å². The third kappa shape index (κ3) is 2.85. The number of β-lactam (4-membered cyclic amide) rings is 1. The maximum atomic E-state index is 12.8. The van der Waals surface area contributed by atoms with Crippen LogP contribution in [0, 0.1) is 0 Å². The van der Waals surface area contributed by atoms with Gasteiger partial charge in [0.25, 0.3) is 5.91 Å². The second-order valence-electron chi connectivity index (χ2n) is 6.56. The van der Waals surface area contributed by atoms with E-state index in [9.17, 15) is 9.90 Å². The molecule has 1 amide bonds. The van der Waals surface area contributed by atoms with E-state index in [2.05, 4.69) is 10.0 Å². The van der Waals surface area contributed by atoms with E-state index >= 15 is 0 Å². The molecule has 2 saturated heterocycles. The van der Waals surface area contributed by atoms with Crippen LogP contribution in [0.25, 0.3) is 10.4 Å². The van der Waals surface area contributed by atoms with E-state index in [1.165, 1.54) is 0 Å². The molecule has 24 heavy (non-hydrogen) atoms. The number of likely N-dealkylation sites (tertiary alicyclic amines) is 1. The molecule has 8 nitrogen and oxygen atoms in total. The van der Waals surface area contributed by atoms with E-state index in [1.54, 1.807) is 18.7 Å². The number of aliphatic hydroxyl groups excluding tert-OH is 1. The summed E-state index contributed by atoms with van der Waals surface area (Å²) in [7, 11) is 0. The Kier molecular flexibility index (Phi) is 4.23. The van der Waals surface area contributed by atoms with Crippen molar-refractivity contribution in [2.24, 2.45) is 5.11 Å². The van der Waals surface area contributed by atoms with Crippen LogP contribution in [0.15, 0.2) is 35.4 Å². The summed E-state index contributed by atoms with van der Waals surface area (Å²) in [6.45, 7) is 4.02. The molecule has 3 rings (SSSR count). The summed E-state index contributed by atoms with van der Waals surface area (Å²) in [6, 6.07) is 9.64. The number of carbonyl (C=O) groups is 1. The number of azide groups is 1. The molecule has 1 aromatic carbocycles. The minimum absolute atomic E-state index is 0.172. The third-order valence-corrected chi connectivity index (χ3v) is 4.27. The first-order valence-electron chi connectivity index (χ1n) is 7.78. The predicted molar refractivity (Wildman–Crippen MR) is 84.6 cm³/mol. The van der Waals surface area contributed by atoms with Gasteiger partial charge in [-0.3, -0.25) is 4.79 Å². The van der Waals surface area contributed by atoms with E-state index in [4.69, 9.17) is 15.0 Å². The van der Waals surface area contributed by atoms with Gasteiger partial charge in [-0.15, -0.1) is 0 Å². The molecule has 0 unspecified atom stereocenters. The molecule has 0 aromatic heterocycles. The minimum atomic E-state index is -1.22. The fourth-order valence-electron chi connectivity index (χ4n) is 3.35. The number of nitrogens with zero attached hydrogens (tertiary/aromatic N) is 4. The molecule has 2 aliphatic heterocycles. The predicted octanol–water partition coefficient (Wildman–Crippen LogP) is 1.59. The Morgan fingerprint density at radius 2 is 2.17 bits per heavy atom. The largest absolute Gasteiger partial charge is 0.390 e. The van der Waals surface area contributed by atoms with Gasteiger partial charge < -0.3 is 19.5 Å². The van der Waals surface area contributed by atoms with Crippen molar-refractivity contribution in [2.45, 2.75) is 44.0 Å². The highest BCUT2D eigenvalue weighted by atomic mass is 16.8. The molecule has 2 aliphatic rings. The molecule has 0 bridgehead atoms. The zero-order valence-corrected chi connectivity index (χ0v) is 13.6. The van der Waals surface area contributed by atoms with Crippen LogP contribution < -0.4 is 0 Å². The highest BCUT2D eigenvalue weighted by Crippen LogP contribution is 2.45. The second-order valence-corrected chi connectivity index (χ2v) is 6.56. The number of amides is 1. The Labute approximate surface area is 139 Å². The molecule has 1 aromatic rings. The lowest BCUT2D eigenvalue weighted by molar-refractivity contribution is -0.205. The number of ether oxygens (including phenoxy) is 2. The normalized spacial score (nSPS) is 29.2. The SMILES string of the molecule is CC1(C)O[C@H]([C@H](O)CN=[N+]=[N-])[C@@]2(CN(Cc3ccccc3)C2=O)O1. The molecular formula is C16H20N4O4. The van der Waals surface area contributed by atoms with E-state index in [-0.39, 0.29) is 12.5 Å². The van der Waals surface area contributed by atoms with E-state index in [0.29, 0.717) is 13.1 Å². The van der Waals surface area contributed by atoms with Gasteiger partial charge >= 0.3 is 0 Å². The topological polar surface area (TPSA) is 108 Å². The molecule has 2 fully saturated rings. The Bertz CT molecular complexity index is 674. The smallest absolute Gasteiger partial charge is 0.260 e. The van der Waals surface area contributed by atoms with Crippen LogP contribution in [-0.4, -0.2) is 52.6 Å². The van der Waals surface area contributed by atoms with Crippen LogP contribution in [0.2, 0.25) is 0 Å². The molecule has 128 valence electrons. The van der Waals surface area contributed by atoms with Gasteiger partial charge in [-0.2, -0.15) is 0 Å². The molecule has 2 heterocycles. The fraction of sp³-hybridized carbons (Fsp3) is 0.562. The van der Waals surface area contributed by atoms with Crippen molar-refractivity contribution in [2.75, 3.05) is 13.1 Å². The maximum absolute atomic E-state index is 12.8. The lowest BCUT2D eigenvalue weighted by Crippen LogP contribution is -2.72. The average molecular weight is 332 g/mol. The van der Waals surface area contributed by atoms with E-state index in [0.717, 1.165) is 5.56 Å². The summed E-state index contributed by atoms with van der Waals surface area (Å²) < 4.78 is 11.6. The summed E-state index contributed by atoms with van der Waals surface area (Å²) >= 11 is 0. The van der Waals surface area contributed by atoms with Crippen molar-refractivity contribution in [1.29, 1.82) is 0 Å². The Morgan fingerprint density at radius 3 is 2.79 bits per heavy atom. The number of aliphatic hydroxyl groups is 1. The van der Waals surface area contributed by atoms with Gasteiger partial charge in [-0.05, 0) is 24.9 Å². The lowest BCUT2D eigenvalue weighted by atomic mass is 9.83. The molecule has 1 N–H and O–H groups in total. The van der Waals surface area contributed by atoms with Gasteiger partial charge in [0.05, 0.1) is 19.2 Å². The number of carbonyl (C=O) groups excluding carboxylic acids is 1. The number of hydrogen-bond donors (Lipinski definition) is 1. The first-order valence-corrected chi connectivity index (χ1v) is 7.78. The summed E-state index contributed by atoms with van der Waals surface area (Å²) in [4.78, 5) is 17.1. The summed E-state index contributed by atoms with van der Waals surface area (Å²) in [5.74, 6) is -1.21. The zero-order valence-electron chi connectivity index (χ0n) is 13.6. The average Bonchev–Trinajstić information content (AvgIpc) is 2.86. The van der Waals surface area contributed by atoms with Crippen molar-refractivity contribution in [3.63, 3.8) is 0 Å². The molecule has 0 radical (unpaired) electrons. The Morgan fingerprint density at radius 1 is 1.46 bits per heavy atom. The van der Waals surface area contributed by atoms with Crippen LogP contribution in [0.4, 0.5) is 0 Å². The van der Waals surface area contributed by atoms with Crippen LogP contribution in [0.3, 0.4) is 0 Å². The highest BCUT2D eigenvalue weighted by Gasteiger charge is 2.67. The summed E-state index contributed by atoms with van der Waals surface area (Å²) in [5, 5.41) is 13.6. The van der Waals surface area contributed by atoms with Gasteiger partial charge in [0.1, 0.15) is 6.10 Å². The zero-order chi connectivity index (χ0) is 17.4. The molecule has 0 aliphatic carbocycles. The molecule has 1 spiro atoms. The monoisotopic (exact) mass is 332 g/mol. The molecule has 3 atom stereocenters. The number of hydrogen-bond acceptors (Lipinski definition) is 5. The summed E-state index contributed by atoms with van der Waals surface area (Å²) in [5.41, 5.74) is 8.22. The molecule has 8 heteroatoms. The van der Waals surface area contributed by atoms with Crippen LogP contribution in [-0.2, 0) is 20.8 Å². The lowest BCUT2D eigenvalue weighted by Gasteiger charge is -2.48. The van der Waals surface area contributed by atoms with Crippen molar-refractivity contribution in [1.82, 2.24) is 4.90 Å². The molecular weight excluding hydrogens is 312 g/mol. The Hall–Kier alpha value is -2.12. The van der Waals surface area contributed by atoms with Gasteiger partial charge in [0, 0.05) is 11.5 Å². The van der Waals surface area contributed by atoms with Crippen LogP contribution in [0.5, 0.6) is 0 Å². The van der Waals surface area contributed by atoms with Crippen molar-refractivity contribution in [3.8, 4) is 0 Å². The standard InChI is InChI=1S/C16H20N4O4/c1-15(2)23-13(12(21)8-18-19-17)16(24-15)10-20(14(16)22)9-11-6-4-3-5-7-11/h3-7,12-13,21H,8-10H2,1-2H3/t12-,13-,16-/m1/s1. The van der Waals surface area contributed by atoms with E-state index < -0.39 is 23.6 Å². The van der Waals surface area contributed by atoms with Crippen LogP contribution in [0.1, 0.15) is 19.4 Å². The van der Waals surface area contributed by atoms with Gasteiger partial charge in [0.2, 0.25) is 0 Å². The Balaban J connectivity index is 1.76. The first kappa shape index (κ1) is 16.7. The second kappa shape index (κ2) is 6.07. The van der Waals surface area contributed by atoms with Gasteiger partial charge in [0.15, 0.2) is 11.4 Å². The maximum Gasteiger partial charge on any atom is 0.260 e. The van der Waals surface area contributed by atoms with Crippen molar-refractivity contribution >= 4 is 5.91 Å². The van der Waals surface area contributed by atoms with Crippen LogP contribution >= 0.6 is 0 Å². The van der Waals surface area contributed by atoms with Gasteiger partial charge in [-0.1, -0.05) is 35.4 Å². The highest BCUT2D eigenvalue weighted by molar-refractivity contribution is 5.93.